The molecule has 0 aliphatic heterocycles. The maximum absolute atomic E-state index is 8.77. The van der Waals surface area contributed by atoms with Crippen molar-refractivity contribution in [3.63, 3.8) is 0 Å². The van der Waals surface area contributed by atoms with Crippen LogP contribution < -0.4 is 5.32 Å². The fraction of sp³-hybridized carbons (Fsp3) is 1.00. The van der Waals surface area contributed by atoms with Crippen LogP contribution >= 0.6 is 0 Å². The van der Waals surface area contributed by atoms with E-state index in [0.29, 0.717) is 18.6 Å². The van der Waals surface area contributed by atoms with Crippen LogP contribution in [0.25, 0.3) is 0 Å². The van der Waals surface area contributed by atoms with Gasteiger partial charge in [-0.3, -0.25) is 0 Å². The number of aliphatic hydroxyl groups is 1. The second-order valence-corrected chi connectivity index (χ2v) is 4.27. The van der Waals surface area contributed by atoms with Gasteiger partial charge in [0.25, 0.3) is 0 Å². The molecular weight excluding hydrogens is 174 g/mol. The molecule has 0 radical (unpaired) electrons. The minimum Gasteiger partial charge on any atom is -0.396 e. The molecule has 14 heavy (non-hydrogen) atoms. The Balaban J connectivity index is 3.50. The first-order valence-corrected chi connectivity index (χ1v) is 6.08. The quantitative estimate of drug-likeness (QED) is 0.601. The molecule has 0 aromatic rings. The number of nitrogens with one attached hydrogen (secondary N) is 1. The van der Waals surface area contributed by atoms with Gasteiger partial charge in [0.05, 0.1) is 0 Å². The van der Waals surface area contributed by atoms with Gasteiger partial charge >= 0.3 is 0 Å². The Labute approximate surface area is 89.1 Å². The van der Waals surface area contributed by atoms with E-state index in [4.69, 9.17) is 5.11 Å². The first-order chi connectivity index (χ1) is 6.74. The van der Waals surface area contributed by atoms with Crippen LogP contribution in [0.2, 0.25) is 0 Å². The molecule has 0 fully saturated rings. The summed E-state index contributed by atoms with van der Waals surface area (Å²) in [6.45, 7) is 8.03. The van der Waals surface area contributed by atoms with Crippen LogP contribution in [0.3, 0.4) is 0 Å². The summed E-state index contributed by atoms with van der Waals surface area (Å²) in [5, 5.41) is 12.4. The van der Waals surface area contributed by atoms with Crippen LogP contribution in [-0.4, -0.2) is 24.3 Å². The summed E-state index contributed by atoms with van der Waals surface area (Å²) in [7, 11) is 0. The highest BCUT2D eigenvalue weighted by molar-refractivity contribution is 4.66. The van der Waals surface area contributed by atoms with Gasteiger partial charge in [0.1, 0.15) is 0 Å². The minimum absolute atomic E-state index is 0.314. The summed E-state index contributed by atoms with van der Waals surface area (Å²) >= 11 is 0. The molecule has 0 saturated heterocycles. The normalized spacial score (nSPS) is 15.4. The highest BCUT2D eigenvalue weighted by Gasteiger charge is 2.07. The van der Waals surface area contributed by atoms with Gasteiger partial charge in [-0.25, -0.2) is 0 Å². The van der Waals surface area contributed by atoms with Crippen LogP contribution in [0, 0.1) is 5.92 Å². The molecule has 0 aliphatic rings. The number of rotatable bonds is 9. The summed E-state index contributed by atoms with van der Waals surface area (Å²) in [6.07, 6.45) is 6.02. The molecule has 2 unspecified atom stereocenters. The zero-order valence-electron chi connectivity index (χ0n) is 10.1. The number of aliphatic hydroxyl groups excluding tert-OH is 1. The highest BCUT2D eigenvalue weighted by atomic mass is 16.3. The number of hydrogen-bond donors (Lipinski definition) is 2. The highest BCUT2D eigenvalue weighted by Crippen LogP contribution is 2.06. The molecule has 0 saturated carbocycles. The van der Waals surface area contributed by atoms with E-state index in [1.165, 1.54) is 25.7 Å². The van der Waals surface area contributed by atoms with E-state index in [1.807, 2.05) is 0 Å². The minimum atomic E-state index is 0.314. The lowest BCUT2D eigenvalue weighted by atomic mass is 10.0. The van der Waals surface area contributed by atoms with Crippen molar-refractivity contribution >= 4 is 0 Å². The summed E-state index contributed by atoms with van der Waals surface area (Å²) in [4.78, 5) is 0. The van der Waals surface area contributed by atoms with E-state index in [0.717, 1.165) is 13.0 Å². The SMILES string of the molecule is CCCCC(CC)NCC(C)CCO. The average Bonchev–Trinajstić information content (AvgIpc) is 2.19. The molecule has 0 rings (SSSR count). The third-order valence-corrected chi connectivity index (χ3v) is 2.78. The van der Waals surface area contributed by atoms with Gasteiger partial charge in [-0.05, 0) is 31.7 Å². The van der Waals surface area contributed by atoms with Crippen LogP contribution in [-0.2, 0) is 0 Å². The number of unbranched alkanes of at least 4 members (excludes halogenated alkanes) is 1. The predicted molar refractivity (Wildman–Crippen MR) is 62.5 cm³/mol. The molecule has 2 N–H and O–H groups in total. The third-order valence-electron chi connectivity index (χ3n) is 2.78. The Morgan fingerprint density at radius 3 is 2.43 bits per heavy atom. The van der Waals surface area contributed by atoms with Crippen molar-refractivity contribution in [2.45, 2.75) is 58.9 Å². The van der Waals surface area contributed by atoms with Gasteiger partial charge in [0.15, 0.2) is 0 Å². The number of hydrogen-bond acceptors (Lipinski definition) is 2. The molecule has 2 atom stereocenters. The van der Waals surface area contributed by atoms with Gasteiger partial charge < -0.3 is 10.4 Å². The van der Waals surface area contributed by atoms with E-state index in [-0.39, 0.29) is 0 Å². The monoisotopic (exact) mass is 201 g/mol. The van der Waals surface area contributed by atoms with E-state index in [1.54, 1.807) is 0 Å². The summed E-state index contributed by atoms with van der Waals surface area (Å²) in [5.41, 5.74) is 0. The molecule has 0 spiro atoms. The average molecular weight is 201 g/mol. The van der Waals surface area contributed by atoms with E-state index in [9.17, 15) is 0 Å². The smallest absolute Gasteiger partial charge is 0.0434 e. The largest absolute Gasteiger partial charge is 0.396 e. The molecule has 0 aromatic heterocycles. The molecular formula is C12H27NO. The Morgan fingerprint density at radius 1 is 1.21 bits per heavy atom. The summed E-state index contributed by atoms with van der Waals surface area (Å²) in [5.74, 6) is 0.593. The lowest BCUT2D eigenvalue weighted by molar-refractivity contribution is 0.256. The molecule has 0 aliphatic carbocycles. The third kappa shape index (κ3) is 7.34. The first kappa shape index (κ1) is 13.9. The van der Waals surface area contributed by atoms with Gasteiger partial charge in [-0.2, -0.15) is 0 Å². The topological polar surface area (TPSA) is 32.3 Å². The Kier molecular flexibility index (Phi) is 9.42. The molecule has 2 nitrogen and oxygen atoms in total. The van der Waals surface area contributed by atoms with Gasteiger partial charge in [0, 0.05) is 12.6 Å². The standard InChI is InChI=1S/C12H27NO/c1-4-6-7-12(5-2)13-10-11(3)8-9-14/h11-14H,4-10H2,1-3H3. The second-order valence-electron chi connectivity index (χ2n) is 4.27. The summed E-state index contributed by atoms with van der Waals surface area (Å²) in [6, 6.07) is 0.677. The molecule has 0 bridgehead atoms. The van der Waals surface area contributed by atoms with Crippen molar-refractivity contribution < 1.29 is 5.11 Å². The first-order valence-electron chi connectivity index (χ1n) is 6.08. The maximum atomic E-state index is 8.77. The lowest BCUT2D eigenvalue weighted by Gasteiger charge is -2.19. The Bertz CT molecular complexity index is 117. The van der Waals surface area contributed by atoms with E-state index in [2.05, 4.69) is 26.1 Å². The van der Waals surface area contributed by atoms with Gasteiger partial charge in [-0.15, -0.1) is 0 Å². The van der Waals surface area contributed by atoms with Crippen LogP contribution in [0.5, 0.6) is 0 Å². The Hall–Kier alpha value is -0.0800. The van der Waals surface area contributed by atoms with Crippen molar-refractivity contribution in [3.8, 4) is 0 Å². The van der Waals surface area contributed by atoms with Crippen molar-refractivity contribution in [1.29, 1.82) is 0 Å². The van der Waals surface area contributed by atoms with Crippen molar-refractivity contribution in [2.24, 2.45) is 5.92 Å². The summed E-state index contributed by atoms with van der Waals surface area (Å²) < 4.78 is 0. The van der Waals surface area contributed by atoms with Crippen molar-refractivity contribution in [1.82, 2.24) is 5.32 Å². The molecule has 2 heteroatoms. The van der Waals surface area contributed by atoms with Crippen LogP contribution in [0.15, 0.2) is 0 Å². The van der Waals surface area contributed by atoms with E-state index >= 15 is 0 Å². The fourth-order valence-electron chi connectivity index (χ4n) is 1.59. The Morgan fingerprint density at radius 2 is 1.93 bits per heavy atom. The maximum Gasteiger partial charge on any atom is 0.0434 e. The second kappa shape index (κ2) is 9.47. The van der Waals surface area contributed by atoms with E-state index < -0.39 is 0 Å². The molecule has 86 valence electrons. The van der Waals surface area contributed by atoms with Gasteiger partial charge in [-0.1, -0.05) is 33.6 Å². The van der Waals surface area contributed by atoms with Crippen molar-refractivity contribution in [3.05, 3.63) is 0 Å². The zero-order valence-corrected chi connectivity index (χ0v) is 10.1. The molecule has 0 heterocycles. The van der Waals surface area contributed by atoms with Crippen LogP contribution in [0.4, 0.5) is 0 Å². The van der Waals surface area contributed by atoms with Crippen molar-refractivity contribution in [2.75, 3.05) is 13.2 Å². The molecule has 0 aromatic carbocycles. The zero-order chi connectivity index (χ0) is 10.8. The molecule has 0 amide bonds. The fourth-order valence-corrected chi connectivity index (χ4v) is 1.59. The van der Waals surface area contributed by atoms with Gasteiger partial charge in [0.2, 0.25) is 0 Å². The van der Waals surface area contributed by atoms with Crippen LogP contribution in [0.1, 0.15) is 52.9 Å². The predicted octanol–water partition coefficient (Wildman–Crippen LogP) is 2.56. The lowest BCUT2D eigenvalue weighted by Crippen LogP contribution is -2.32.